The second kappa shape index (κ2) is 4.73. The van der Waals surface area contributed by atoms with Crippen LogP contribution >= 0.6 is 22.6 Å². The summed E-state index contributed by atoms with van der Waals surface area (Å²) in [6.07, 6.45) is 1.54. The molecule has 1 amide bonds. The first-order valence-corrected chi connectivity index (χ1v) is 6.74. The lowest BCUT2D eigenvalue weighted by atomic mass is 10.00. The Labute approximate surface area is 110 Å². The number of anilines is 1. The van der Waals surface area contributed by atoms with Crippen LogP contribution in [0.2, 0.25) is 0 Å². The first-order valence-electron chi connectivity index (χ1n) is 5.66. The predicted octanol–water partition coefficient (Wildman–Crippen LogP) is 3.23. The van der Waals surface area contributed by atoms with Gasteiger partial charge in [-0.15, -0.1) is 0 Å². The fourth-order valence-electron chi connectivity index (χ4n) is 2.09. The molecule has 1 aromatic rings. The fourth-order valence-corrected chi connectivity index (χ4v) is 2.65. The van der Waals surface area contributed by atoms with Crippen LogP contribution in [0.25, 0.3) is 0 Å². The summed E-state index contributed by atoms with van der Waals surface area (Å²) in [5, 5.41) is 0. The lowest BCUT2D eigenvalue weighted by Crippen LogP contribution is -2.37. The minimum atomic E-state index is 0.266. The van der Waals surface area contributed by atoms with Crippen molar-refractivity contribution in [2.45, 2.75) is 26.7 Å². The van der Waals surface area contributed by atoms with Crippen LogP contribution in [0.1, 0.15) is 25.8 Å². The topological polar surface area (TPSA) is 20.3 Å². The average molecular weight is 329 g/mol. The highest BCUT2D eigenvalue weighted by Crippen LogP contribution is 2.29. The normalized spacial score (nSPS) is 15.5. The van der Waals surface area contributed by atoms with Crippen molar-refractivity contribution in [3.63, 3.8) is 0 Å². The largest absolute Gasteiger partial charge is 0.312 e. The summed E-state index contributed by atoms with van der Waals surface area (Å²) in [5.74, 6) is 0.775. The zero-order valence-corrected chi connectivity index (χ0v) is 11.8. The summed E-state index contributed by atoms with van der Waals surface area (Å²) < 4.78 is 1.25. The summed E-state index contributed by atoms with van der Waals surface area (Å²) in [7, 11) is 0. The Kier molecular flexibility index (Phi) is 3.52. The lowest BCUT2D eigenvalue weighted by molar-refractivity contribution is -0.119. The molecule has 0 aliphatic carbocycles. The van der Waals surface area contributed by atoms with Crippen molar-refractivity contribution in [1.82, 2.24) is 0 Å². The van der Waals surface area contributed by atoms with Crippen molar-refractivity contribution >= 4 is 34.2 Å². The van der Waals surface area contributed by atoms with Crippen LogP contribution in [0.3, 0.4) is 0 Å². The van der Waals surface area contributed by atoms with Crippen molar-refractivity contribution in [3.8, 4) is 0 Å². The number of hydrogen-bond donors (Lipinski definition) is 0. The number of halogens is 1. The predicted molar refractivity (Wildman–Crippen MR) is 74.7 cm³/mol. The molecule has 0 bridgehead atoms. The van der Waals surface area contributed by atoms with Crippen LogP contribution in [0.4, 0.5) is 5.69 Å². The van der Waals surface area contributed by atoms with Gasteiger partial charge in [-0.3, -0.25) is 4.79 Å². The fraction of sp³-hybridized carbons (Fsp3) is 0.462. The molecular formula is C13H16INO. The number of carbonyl (C=O) groups is 1. The van der Waals surface area contributed by atoms with Gasteiger partial charge in [-0.25, -0.2) is 0 Å². The summed E-state index contributed by atoms with van der Waals surface area (Å²) >= 11 is 2.32. The number of amides is 1. The van der Waals surface area contributed by atoms with E-state index in [0.29, 0.717) is 12.3 Å². The molecule has 2 rings (SSSR count). The van der Waals surface area contributed by atoms with E-state index in [1.54, 1.807) is 0 Å². The molecule has 0 radical (unpaired) electrons. The molecule has 1 heterocycles. The number of benzene rings is 1. The third-order valence-electron chi connectivity index (χ3n) is 2.79. The van der Waals surface area contributed by atoms with Crippen molar-refractivity contribution in [2.24, 2.45) is 5.92 Å². The number of aryl methyl sites for hydroxylation is 1. The van der Waals surface area contributed by atoms with Crippen LogP contribution in [0, 0.1) is 9.49 Å². The lowest BCUT2D eigenvalue weighted by Gasteiger charge is -2.30. The molecular weight excluding hydrogens is 313 g/mol. The summed E-state index contributed by atoms with van der Waals surface area (Å²) in [5.41, 5.74) is 2.43. The second-order valence-corrected chi connectivity index (χ2v) is 5.92. The van der Waals surface area contributed by atoms with Gasteiger partial charge in [-0.1, -0.05) is 13.8 Å². The number of nitrogens with zero attached hydrogens (tertiary/aromatic N) is 1. The minimum Gasteiger partial charge on any atom is -0.312 e. The van der Waals surface area contributed by atoms with Gasteiger partial charge in [0.1, 0.15) is 0 Å². The van der Waals surface area contributed by atoms with E-state index in [0.717, 1.165) is 18.7 Å². The van der Waals surface area contributed by atoms with Crippen LogP contribution in [0.15, 0.2) is 18.2 Å². The third-order valence-corrected chi connectivity index (χ3v) is 3.46. The maximum absolute atomic E-state index is 11.9. The van der Waals surface area contributed by atoms with Gasteiger partial charge in [-0.2, -0.15) is 0 Å². The van der Waals surface area contributed by atoms with Gasteiger partial charge in [-0.05, 0) is 58.7 Å². The Bertz CT molecular complexity index is 414. The molecule has 86 valence electrons. The Morgan fingerprint density at radius 1 is 1.38 bits per heavy atom. The molecule has 0 unspecified atom stereocenters. The van der Waals surface area contributed by atoms with E-state index in [2.05, 4.69) is 54.6 Å². The zero-order chi connectivity index (χ0) is 11.7. The molecule has 16 heavy (non-hydrogen) atoms. The van der Waals surface area contributed by atoms with Crippen LogP contribution in [-0.4, -0.2) is 12.5 Å². The first kappa shape index (κ1) is 11.9. The number of hydrogen-bond acceptors (Lipinski definition) is 1. The Morgan fingerprint density at radius 2 is 2.12 bits per heavy atom. The van der Waals surface area contributed by atoms with Crippen molar-refractivity contribution in [3.05, 3.63) is 27.3 Å². The highest BCUT2D eigenvalue weighted by Gasteiger charge is 2.24. The van der Waals surface area contributed by atoms with Gasteiger partial charge >= 0.3 is 0 Å². The highest BCUT2D eigenvalue weighted by atomic mass is 127. The first-order chi connectivity index (χ1) is 7.58. The third kappa shape index (κ3) is 2.39. The molecule has 0 saturated carbocycles. The average Bonchev–Trinajstić information content (AvgIpc) is 2.22. The van der Waals surface area contributed by atoms with Crippen LogP contribution in [0.5, 0.6) is 0 Å². The molecule has 0 atom stereocenters. The van der Waals surface area contributed by atoms with Gasteiger partial charge in [0.15, 0.2) is 0 Å². The Hall–Kier alpha value is -0.580. The second-order valence-electron chi connectivity index (χ2n) is 4.67. The van der Waals surface area contributed by atoms with Gasteiger partial charge in [0, 0.05) is 22.2 Å². The Balaban J connectivity index is 2.36. The zero-order valence-electron chi connectivity index (χ0n) is 9.66. The van der Waals surface area contributed by atoms with Crippen LogP contribution < -0.4 is 4.90 Å². The van der Waals surface area contributed by atoms with Crippen molar-refractivity contribution in [2.75, 3.05) is 11.4 Å². The van der Waals surface area contributed by atoms with E-state index in [9.17, 15) is 4.79 Å². The molecule has 0 N–H and O–H groups in total. The van der Waals surface area contributed by atoms with Gasteiger partial charge in [0.2, 0.25) is 5.91 Å². The molecule has 1 aliphatic heterocycles. The van der Waals surface area contributed by atoms with E-state index >= 15 is 0 Å². The molecule has 1 aromatic carbocycles. The molecule has 2 nitrogen and oxygen atoms in total. The van der Waals surface area contributed by atoms with Crippen molar-refractivity contribution in [1.29, 1.82) is 0 Å². The molecule has 0 spiro atoms. The smallest absolute Gasteiger partial charge is 0.227 e. The number of fused-ring (bicyclic) bond motifs is 1. The summed E-state index contributed by atoms with van der Waals surface area (Å²) in [6, 6.07) is 6.34. The van der Waals surface area contributed by atoms with Gasteiger partial charge < -0.3 is 4.90 Å². The summed E-state index contributed by atoms with van der Waals surface area (Å²) in [6.45, 7) is 5.12. The number of rotatable bonds is 2. The monoisotopic (exact) mass is 329 g/mol. The molecule has 3 heteroatoms. The standard InChI is InChI=1S/C13H16INO/c1-9(2)8-15-12-5-4-11(14)7-10(12)3-6-13(15)16/h4-5,7,9H,3,6,8H2,1-2H3. The molecule has 0 fully saturated rings. The van der Waals surface area contributed by atoms with Gasteiger partial charge in [0.25, 0.3) is 0 Å². The maximum atomic E-state index is 11.9. The molecule has 1 aliphatic rings. The van der Waals surface area contributed by atoms with E-state index < -0.39 is 0 Å². The van der Waals surface area contributed by atoms with E-state index in [1.165, 1.54) is 9.13 Å². The minimum absolute atomic E-state index is 0.266. The molecule has 0 aromatic heterocycles. The van der Waals surface area contributed by atoms with E-state index in [1.807, 2.05) is 4.90 Å². The maximum Gasteiger partial charge on any atom is 0.227 e. The van der Waals surface area contributed by atoms with E-state index in [-0.39, 0.29) is 5.91 Å². The number of carbonyl (C=O) groups excluding carboxylic acids is 1. The molecule has 0 saturated heterocycles. The Morgan fingerprint density at radius 3 is 2.81 bits per heavy atom. The van der Waals surface area contributed by atoms with E-state index in [4.69, 9.17) is 0 Å². The van der Waals surface area contributed by atoms with Crippen LogP contribution in [-0.2, 0) is 11.2 Å². The SMILES string of the molecule is CC(C)CN1C(=O)CCc2cc(I)ccc21. The quantitative estimate of drug-likeness (QED) is 0.763. The van der Waals surface area contributed by atoms with Gasteiger partial charge in [0.05, 0.1) is 0 Å². The van der Waals surface area contributed by atoms with Crippen molar-refractivity contribution < 1.29 is 4.79 Å². The highest BCUT2D eigenvalue weighted by molar-refractivity contribution is 14.1. The summed E-state index contributed by atoms with van der Waals surface area (Å²) in [4.78, 5) is 13.8.